The van der Waals surface area contributed by atoms with Crippen molar-refractivity contribution in [3.63, 3.8) is 0 Å². The van der Waals surface area contributed by atoms with Crippen molar-refractivity contribution in [3.8, 4) is 0 Å². The Hall–Kier alpha value is -0.830. The summed E-state index contributed by atoms with van der Waals surface area (Å²) >= 11 is 0. The van der Waals surface area contributed by atoms with E-state index in [4.69, 9.17) is 0 Å². The number of hydrogen-bond acceptors (Lipinski definition) is 2. The number of hydrogen-bond donors (Lipinski definition) is 2. The molecule has 3 heteroatoms. The molecule has 1 aliphatic rings. The Labute approximate surface area is 72.6 Å². The molecule has 1 aliphatic heterocycles. The van der Waals surface area contributed by atoms with Crippen LogP contribution in [0.1, 0.15) is 30.8 Å². The van der Waals surface area contributed by atoms with E-state index in [1.165, 1.54) is 12.1 Å². The van der Waals surface area contributed by atoms with Gasteiger partial charge < -0.3 is 10.3 Å². The highest BCUT2D eigenvalue weighted by molar-refractivity contribution is 5.09. The summed E-state index contributed by atoms with van der Waals surface area (Å²) in [7, 11) is 0. The van der Waals surface area contributed by atoms with Crippen molar-refractivity contribution in [3.05, 3.63) is 17.7 Å². The van der Waals surface area contributed by atoms with Crippen molar-refractivity contribution in [2.75, 3.05) is 13.1 Å². The van der Waals surface area contributed by atoms with Crippen LogP contribution in [0.2, 0.25) is 0 Å². The molecule has 0 aliphatic carbocycles. The number of aromatic nitrogens is 2. The summed E-state index contributed by atoms with van der Waals surface area (Å²) in [6.45, 7) is 4.35. The minimum atomic E-state index is 0.635. The monoisotopic (exact) mass is 165 g/mol. The zero-order valence-electron chi connectivity index (χ0n) is 7.43. The molecule has 12 heavy (non-hydrogen) atoms. The van der Waals surface area contributed by atoms with E-state index in [1.54, 1.807) is 0 Å². The SMILES string of the molecule is CCCc1cnc(C2CNC2)[nH]1. The van der Waals surface area contributed by atoms with Gasteiger partial charge in [0.15, 0.2) is 0 Å². The van der Waals surface area contributed by atoms with Gasteiger partial charge in [0, 0.05) is 30.9 Å². The predicted molar refractivity (Wildman–Crippen MR) is 48.2 cm³/mol. The molecule has 1 aromatic rings. The Morgan fingerprint density at radius 2 is 2.42 bits per heavy atom. The fraction of sp³-hybridized carbons (Fsp3) is 0.667. The first-order valence-electron chi connectivity index (χ1n) is 4.64. The van der Waals surface area contributed by atoms with Crippen molar-refractivity contribution in [1.82, 2.24) is 15.3 Å². The van der Waals surface area contributed by atoms with Gasteiger partial charge in [-0.2, -0.15) is 0 Å². The van der Waals surface area contributed by atoms with Gasteiger partial charge in [-0.3, -0.25) is 0 Å². The molecule has 0 radical (unpaired) electrons. The van der Waals surface area contributed by atoms with Gasteiger partial charge in [-0.25, -0.2) is 4.98 Å². The van der Waals surface area contributed by atoms with Crippen LogP contribution in [0.25, 0.3) is 0 Å². The summed E-state index contributed by atoms with van der Waals surface area (Å²) in [6, 6.07) is 0. The second-order valence-electron chi connectivity index (χ2n) is 3.40. The number of aromatic amines is 1. The standard InChI is InChI=1S/C9H15N3/c1-2-3-8-6-11-9(12-8)7-4-10-5-7/h6-7,10H,2-5H2,1H3,(H,11,12). The molecule has 0 aromatic carbocycles. The molecule has 2 N–H and O–H groups in total. The van der Waals surface area contributed by atoms with Gasteiger partial charge in [0.2, 0.25) is 0 Å². The Kier molecular flexibility index (Phi) is 2.13. The van der Waals surface area contributed by atoms with Crippen molar-refractivity contribution in [1.29, 1.82) is 0 Å². The third-order valence-electron chi connectivity index (χ3n) is 2.34. The quantitative estimate of drug-likeness (QED) is 0.703. The molecule has 1 aromatic heterocycles. The second-order valence-corrected chi connectivity index (χ2v) is 3.40. The van der Waals surface area contributed by atoms with Gasteiger partial charge in [0.1, 0.15) is 5.82 Å². The van der Waals surface area contributed by atoms with Gasteiger partial charge in [-0.15, -0.1) is 0 Å². The van der Waals surface area contributed by atoms with Crippen LogP contribution in [0.4, 0.5) is 0 Å². The van der Waals surface area contributed by atoms with Crippen molar-refractivity contribution in [2.45, 2.75) is 25.7 Å². The van der Waals surface area contributed by atoms with E-state index >= 15 is 0 Å². The number of H-pyrrole nitrogens is 1. The van der Waals surface area contributed by atoms with Crippen molar-refractivity contribution < 1.29 is 0 Å². The maximum Gasteiger partial charge on any atom is 0.111 e. The lowest BCUT2D eigenvalue weighted by Crippen LogP contribution is -2.40. The fourth-order valence-corrected chi connectivity index (χ4v) is 1.46. The Bertz CT molecular complexity index is 250. The van der Waals surface area contributed by atoms with Crippen LogP contribution in [-0.4, -0.2) is 23.1 Å². The average molecular weight is 165 g/mol. The maximum atomic E-state index is 4.36. The van der Waals surface area contributed by atoms with Crippen LogP contribution >= 0.6 is 0 Å². The van der Waals surface area contributed by atoms with E-state index in [2.05, 4.69) is 22.2 Å². The van der Waals surface area contributed by atoms with Gasteiger partial charge >= 0.3 is 0 Å². The molecule has 2 rings (SSSR count). The van der Waals surface area contributed by atoms with Crippen LogP contribution in [0.5, 0.6) is 0 Å². The Balaban J connectivity index is 2.02. The van der Waals surface area contributed by atoms with Crippen molar-refractivity contribution >= 4 is 0 Å². The molecule has 0 spiro atoms. The first-order valence-corrected chi connectivity index (χ1v) is 4.64. The fourth-order valence-electron chi connectivity index (χ4n) is 1.46. The molecule has 0 bridgehead atoms. The van der Waals surface area contributed by atoms with Crippen LogP contribution in [0.15, 0.2) is 6.20 Å². The lowest BCUT2D eigenvalue weighted by atomic mass is 10.0. The molecule has 1 fully saturated rings. The molecule has 2 heterocycles. The summed E-state index contributed by atoms with van der Waals surface area (Å²) in [5, 5.41) is 3.24. The lowest BCUT2D eigenvalue weighted by molar-refractivity contribution is 0.432. The van der Waals surface area contributed by atoms with E-state index in [-0.39, 0.29) is 0 Å². The van der Waals surface area contributed by atoms with Gasteiger partial charge in [-0.05, 0) is 6.42 Å². The predicted octanol–water partition coefficient (Wildman–Crippen LogP) is 1.05. The number of aryl methyl sites for hydroxylation is 1. The minimum absolute atomic E-state index is 0.635. The normalized spacial score (nSPS) is 17.8. The van der Waals surface area contributed by atoms with Crippen LogP contribution in [0, 0.1) is 0 Å². The largest absolute Gasteiger partial charge is 0.346 e. The van der Waals surface area contributed by atoms with E-state index in [1.807, 2.05) is 6.20 Å². The third-order valence-corrected chi connectivity index (χ3v) is 2.34. The number of nitrogens with zero attached hydrogens (tertiary/aromatic N) is 1. The molecule has 1 saturated heterocycles. The molecule has 0 unspecified atom stereocenters. The maximum absolute atomic E-state index is 4.36. The topological polar surface area (TPSA) is 40.7 Å². The van der Waals surface area contributed by atoms with Gasteiger partial charge in [-0.1, -0.05) is 13.3 Å². The third kappa shape index (κ3) is 1.37. The zero-order valence-corrected chi connectivity index (χ0v) is 7.43. The number of nitrogens with one attached hydrogen (secondary N) is 2. The molecule has 0 saturated carbocycles. The van der Waals surface area contributed by atoms with Crippen LogP contribution in [0.3, 0.4) is 0 Å². The Morgan fingerprint density at radius 3 is 3.00 bits per heavy atom. The molecular weight excluding hydrogens is 150 g/mol. The van der Waals surface area contributed by atoms with Gasteiger partial charge in [0.25, 0.3) is 0 Å². The summed E-state index contributed by atoms with van der Waals surface area (Å²) in [5.41, 5.74) is 1.28. The highest BCUT2D eigenvalue weighted by Gasteiger charge is 2.21. The molecule has 0 atom stereocenters. The summed E-state index contributed by atoms with van der Waals surface area (Å²) in [4.78, 5) is 7.73. The molecular formula is C9H15N3. The number of imidazole rings is 1. The molecule has 0 amide bonds. The van der Waals surface area contributed by atoms with Gasteiger partial charge in [0.05, 0.1) is 0 Å². The second kappa shape index (κ2) is 3.27. The zero-order chi connectivity index (χ0) is 8.39. The highest BCUT2D eigenvalue weighted by Crippen LogP contribution is 2.16. The van der Waals surface area contributed by atoms with E-state index in [0.29, 0.717) is 5.92 Å². The minimum Gasteiger partial charge on any atom is -0.346 e. The molecule has 66 valence electrons. The first kappa shape index (κ1) is 7.80. The summed E-state index contributed by atoms with van der Waals surface area (Å²) in [6.07, 6.45) is 4.27. The smallest absolute Gasteiger partial charge is 0.111 e. The van der Waals surface area contributed by atoms with Crippen LogP contribution in [-0.2, 0) is 6.42 Å². The Morgan fingerprint density at radius 1 is 1.58 bits per heavy atom. The van der Waals surface area contributed by atoms with E-state index in [0.717, 1.165) is 25.3 Å². The van der Waals surface area contributed by atoms with Crippen molar-refractivity contribution in [2.24, 2.45) is 0 Å². The molecule has 3 nitrogen and oxygen atoms in total. The van der Waals surface area contributed by atoms with E-state index < -0.39 is 0 Å². The summed E-state index contributed by atoms with van der Waals surface area (Å²) in [5.74, 6) is 1.80. The first-order chi connectivity index (χ1) is 5.90. The van der Waals surface area contributed by atoms with E-state index in [9.17, 15) is 0 Å². The average Bonchev–Trinajstić information content (AvgIpc) is 2.34. The van der Waals surface area contributed by atoms with Crippen LogP contribution < -0.4 is 5.32 Å². The number of rotatable bonds is 3. The lowest BCUT2D eigenvalue weighted by Gasteiger charge is -2.24. The highest BCUT2D eigenvalue weighted by atomic mass is 15.0. The summed E-state index contributed by atoms with van der Waals surface area (Å²) < 4.78 is 0.